The molecule has 0 unspecified atom stereocenters. The van der Waals surface area contributed by atoms with Gasteiger partial charge in [-0.2, -0.15) is 9.61 Å². The molecule has 4 rings (SSSR count). The number of nitrogens with zero attached hydrogens (tertiary/aromatic N) is 4. The zero-order chi connectivity index (χ0) is 19.0. The summed E-state index contributed by atoms with van der Waals surface area (Å²) in [4.78, 5) is 0.752. The summed E-state index contributed by atoms with van der Waals surface area (Å²) in [5.41, 5.74) is 2.38. The molecule has 0 atom stereocenters. The van der Waals surface area contributed by atoms with Crippen molar-refractivity contribution in [3.8, 4) is 17.1 Å². The highest BCUT2D eigenvalue weighted by molar-refractivity contribution is 9.10. The second kappa shape index (κ2) is 7.05. The average Bonchev–Trinajstić information content (AvgIpc) is 3.20. The van der Waals surface area contributed by atoms with Crippen molar-refractivity contribution >= 4 is 32.2 Å². The van der Waals surface area contributed by atoms with Gasteiger partial charge < -0.3 is 4.74 Å². The van der Waals surface area contributed by atoms with Crippen LogP contribution in [0.15, 0.2) is 53.0 Å². The van der Waals surface area contributed by atoms with Gasteiger partial charge in [0.2, 0.25) is 4.96 Å². The van der Waals surface area contributed by atoms with E-state index in [9.17, 15) is 0 Å². The van der Waals surface area contributed by atoms with Crippen molar-refractivity contribution in [3.63, 3.8) is 0 Å². The number of aromatic nitrogens is 4. The Hall–Kier alpha value is -2.25. The summed E-state index contributed by atoms with van der Waals surface area (Å²) in [6.45, 7) is 7.00. The summed E-state index contributed by atoms with van der Waals surface area (Å²) in [6, 6.07) is 16.1. The Balaban J connectivity index is 1.53. The van der Waals surface area contributed by atoms with Crippen molar-refractivity contribution in [1.82, 2.24) is 19.8 Å². The predicted molar refractivity (Wildman–Crippen MR) is 111 cm³/mol. The van der Waals surface area contributed by atoms with Gasteiger partial charge in [0.1, 0.15) is 12.4 Å². The molecule has 0 spiro atoms. The zero-order valence-electron chi connectivity index (χ0n) is 15.3. The molecule has 0 aliphatic carbocycles. The van der Waals surface area contributed by atoms with Crippen LogP contribution in [0.4, 0.5) is 0 Å². The second-order valence-electron chi connectivity index (χ2n) is 7.26. The van der Waals surface area contributed by atoms with Gasteiger partial charge in [0, 0.05) is 10.0 Å². The Morgan fingerprint density at radius 2 is 1.78 bits per heavy atom. The summed E-state index contributed by atoms with van der Waals surface area (Å²) in [7, 11) is 0. The first-order valence-electron chi connectivity index (χ1n) is 8.61. The molecule has 0 amide bonds. The number of hydrogen-bond acceptors (Lipinski definition) is 5. The van der Waals surface area contributed by atoms with E-state index in [-0.39, 0.29) is 5.41 Å². The number of rotatable bonds is 4. The fourth-order valence-corrected chi connectivity index (χ4v) is 3.93. The molecule has 2 aromatic heterocycles. The molecule has 2 aromatic carbocycles. The maximum Gasteiger partial charge on any atom is 0.235 e. The van der Waals surface area contributed by atoms with E-state index in [1.807, 2.05) is 36.4 Å². The molecule has 2 heterocycles. The van der Waals surface area contributed by atoms with E-state index >= 15 is 0 Å². The van der Waals surface area contributed by atoms with Crippen molar-refractivity contribution < 1.29 is 4.74 Å². The van der Waals surface area contributed by atoms with Crippen molar-refractivity contribution in [2.24, 2.45) is 0 Å². The molecule has 0 N–H and O–H groups in total. The van der Waals surface area contributed by atoms with Gasteiger partial charge in [-0.25, -0.2) is 0 Å². The smallest absolute Gasteiger partial charge is 0.235 e. The highest BCUT2D eigenvalue weighted by Crippen LogP contribution is 2.29. The van der Waals surface area contributed by atoms with Crippen LogP contribution in [-0.4, -0.2) is 19.8 Å². The zero-order valence-corrected chi connectivity index (χ0v) is 17.7. The monoisotopic (exact) mass is 442 g/mol. The quantitative estimate of drug-likeness (QED) is 0.419. The fourth-order valence-electron chi connectivity index (χ4n) is 2.72. The Labute approximate surface area is 170 Å². The summed E-state index contributed by atoms with van der Waals surface area (Å²) in [5, 5.41) is 14.0. The van der Waals surface area contributed by atoms with Crippen molar-refractivity contribution in [3.05, 3.63) is 63.6 Å². The fraction of sp³-hybridized carbons (Fsp3) is 0.250. The van der Waals surface area contributed by atoms with Gasteiger partial charge >= 0.3 is 0 Å². The third-order valence-electron chi connectivity index (χ3n) is 4.23. The van der Waals surface area contributed by atoms with Crippen LogP contribution >= 0.6 is 27.3 Å². The van der Waals surface area contributed by atoms with Crippen LogP contribution in [0.1, 0.15) is 31.3 Å². The third-order valence-corrected chi connectivity index (χ3v) is 5.79. The Bertz CT molecular complexity index is 1080. The highest BCUT2D eigenvalue weighted by Gasteiger charge is 2.16. The van der Waals surface area contributed by atoms with Gasteiger partial charge in [-0.05, 0) is 35.2 Å². The lowest BCUT2D eigenvalue weighted by molar-refractivity contribution is 0.304. The van der Waals surface area contributed by atoms with Crippen molar-refractivity contribution in [1.29, 1.82) is 0 Å². The van der Waals surface area contributed by atoms with Gasteiger partial charge in [0.15, 0.2) is 10.8 Å². The largest absolute Gasteiger partial charge is 0.486 e. The molecule has 0 bridgehead atoms. The Morgan fingerprint density at radius 1 is 1.04 bits per heavy atom. The van der Waals surface area contributed by atoms with E-state index in [0.29, 0.717) is 6.61 Å². The number of ether oxygens (including phenoxy) is 1. The molecule has 0 fully saturated rings. The summed E-state index contributed by atoms with van der Waals surface area (Å²) in [5.74, 6) is 1.55. The van der Waals surface area contributed by atoms with Crippen LogP contribution in [0.25, 0.3) is 16.3 Å². The first-order valence-corrected chi connectivity index (χ1v) is 10.2. The Morgan fingerprint density at radius 3 is 2.48 bits per heavy atom. The molecule has 0 aliphatic rings. The van der Waals surface area contributed by atoms with Crippen LogP contribution in [0.2, 0.25) is 0 Å². The highest BCUT2D eigenvalue weighted by atomic mass is 79.9. The molecule has 4 aromatic rings. The predicted octanol–water partition coefficient (Wildman–Crippen LogP) is 5.49. The van der Waals surface area contributed by atoms with E-state index in [2.05, 4.69) is 64.1 Å². The van der Waals surface area contributed by atoms with Crippen LogP contribution in [0.5, 0.6) is 5.75 Å². The molecule has 27 heavy (non-hydrogen) atoms. The molecule has 0 saturated carbocycles. The van der Waals surface area contributed by atoms with Crippen LogP contribution < -0.4 is 4.74 Å². The number of hydrogen-bond donors (Lipinski definition) is 0. The summed E-state index contributed by atoms with van der Waals surface area (Å²) < 4.78 is 8.64. The van der Waals surface area contributed by atoms with Crippen LogP contribution in [0, 0.1) is 0 Å². The minimum Gasteiger partial charge on any atom is -0.486 e. The van der Waals surface area contributed by atoms with Gasteiger partial charge in [0.05, 0.1) is 0 Å². The van der Waals surface area contributed by atoms with Crippen LogP contribution in [0.3, 0.4) is 0 Å². The standard InChI is InChI=1S/C20H19BrN4OS/c1-20(2,3)13-8-10-14(11-9-13)26-12-17-24-25-18(22-23-19(25)27-17)15-6-4-5-7-16(15)21/h4-11H,12H2,1-3H3. The minimum atomic E-state index is 0.133. The van der Waals surface area contributed by atoms with Crippen molar-refractivity contribution in [2.45, 2.75) is 32.8 Å². The average molecular weight is 443 g/mol. The maximum atomic E-state index is 5.91. The van der Waals surface area contributed by atoms with Gasteiger partial charge in [-0.3, -0.25) is 0 Å². The summed E-state index contributed by atoms with van der Waals surface area (Å²) in [6.07, 6.45) is 0. The summed E-state index contributed by atoms with van der Waals surface area (Å²) >= 11 is 5.04. The van der Waals surface area contributed by atoms with E-state index in [1.165, 1.54) is 16.9 Å². The number of halogens is 1. The lowest BCUT2D eigenvalue weighted by Crippen LogP contribution is -2.10. The molecule has 0 aliphatic heterocycles. The normalized spacial score (nSPS) is 11.9. The molecule has 5 nitrogen and oxygen atoms in total. The van der Waals surface area contributed by atoms with E-state index in [4.69, 9.17) is 4.74 Å². The number of benzene rings is 2. The van der Waals surface area contributed by atoms with Gasteiger partial charge in [-0.15, -0.1) is 10.2 Å². The lowest BCUT2D eigenvalue weighted by Gasteiger charge is -2.19. The Kier molecular flexibility index (Phi) is 4.74. The molecule has 0 radical (unpaired) electrons. The van der Waals surface area contributed by atoms with E-state index in [0.717, 1.165) is 31.6 Å². The SMILES string of the molecule is CC(C)(C)c1ccc(OCc2nn3c(-c4ccccc4Br)nnc3s2)cc1. The molecular weight excluding hydrogens is 424 g/mol. The number of fused-ring (bicyclic) bond motifs is 1. The first-order chi connectivity index (χ1) is 12.9. The minimum absolute atomic E-state index is 0.133. The van der Waals surface area contributed by atoms with Crippen LogP contribution in [-0.2, 0) is 12.0 Å². The molecular formula is C20H19BrN4OS. The van der Waals surface area contributed by atoms with Crippen molar-refractivity contribution in [2.75, 3.05) is 0 Å². The van der Waals surface area contributed by atoms with E-state index < -0.39 is 0 Å². The third kappa shape index (κ3) is 3.75. The molecule has 0 saturated heterocycles. The van der Waals surface area contributed by atoms with E-state index in [1.54, 1.807) is 4.52 Å². The van der Waals surface area contributed by atoms with Gasteiger partial charge in [0.25, 0.3) is 0 Å². The maximum absolute atomic E-state index is 5.91. The molecule has 138 valence electrons. The topological polar surface area (TPSA) is 52.3 Å². The molecule has 7 heteroatoms. The second-order valence-corrected chi connectivity index (χ2v) is 9.15. The lowest BCUT2D eigenvalue weighted by atomic mass is 9.87. The van der Waals surface area contributed by atoms with Gasteiger partial charge in [-0.1, -0.05) is 72.3 Å². The first kappa shape index (κ1) is 18.1.